The fraction of sp³-hybridized carbons (Fsp3) is 0.500. The average Bonchev–Trinajstić information content (AvgIpc) is 2.75. The summed E-state index contributed by atoms with van der Waals surface area (Å²) in [7, 11) is 1.78. The van der Waals surface area contributed by atoms with Gasteiger partial charge in [-0.1, -0.05) is 0 Å². The number of aliphatic carboxylic acids is 2. The Labute approximate surface area is 194 Å². The molecule has 0 fully saturated rings. The first-order valence-corrected chi connectivity index (χ1v) is 11.0. The van der Waals surface area contributed by atoms with Crippen molar-refractivity contribution in [3.05, 3.63) is 17.7 Å². The lowest BCUT2D eigenvalue weighted by molar-refractivity contribution is -0.139. The Balaban J connectivity index is 2.94. The van der Waals surface area contributed by atoms with Crippen LogP contribution in [-0.2, 0) is 25.6 Å². The van der Waals surface area contributed by atoms with Gasteiger partial charge in [-0.25, -0.2) is 0 Å². The van der Waals surface area contributed by atoms with Gasteiger partial charge in [0.25, 0.3) is 0 Å². The summed E-state index contributed by atoms with van der Waals surface area (Å²) in [4.78, 5) is 46.4. The number of benzene rings is 1. The third-order valence-corrected chi connectivity index (χ3v) is 5.74. The molecule has 0 aliphatic carbocycles. The van der Waals surface area contributed by atoms with E-state index in [1.165, 1.54) is 6.07 Å². The molecule has 9 N–H and O–H groups in total. The summed E-state index contributed by atoms with van der Waals surface area (Å²) in [5, 5.41) is 45.5. The van der Waals surface area contributed by atoms with Crippen LogP contribution in [0, 0.1) is 0 Å². The molecule has 0 bridgehead atoms. The molecule has 0 aliphatic heterocycles. The molecule has 1 aromatic rings. The second-order valence-corrected chi connectivity index (χ2v) is 8.44. The topological polar surface area (TPSA) is 211 Å². The highest BCUT2D eigenvalue weighted by atomic mass is 32.2. The Hall–Kier alpha value is -3.03. The van der Waals surface area contributed by atoms with Crippen LogP contribution in [-0.4, -0.2) is 81.6 Å². The van der Waals surface area contributed by atoms with Crippen molar-refractivity contribution in [3.8, 4) is 11.5 Å². The number of hydrogen-bond acceptors (Lipinski definition) is 9. The van der Waals surface area contributed by atoms with Crippen LogP contribution < -0.4 is 21.7 Å². The maximum absolute atomic E-state index is 12.4. The van der Waals surface area contributed by atoms with E-state index in [0.717, 1.165) is 17.3 Å². The van der Waals surface area contributed by atoms with Crippen LogP contribution in [0.1, 0.15) is 25.3 Å². The second kappa shape index (κ2) is 13.5. The van der Waals surface area contributed by atoms with Gasteiger partial charge in [0, 0.05) is 18.2 Å². The maximum atomic E-state index is 12.4. The van der Waals surface area contributed by atoms with Crippen LogP contribution >= 0.6 is 11.8 Å². The van der Waals surface area contributed by atoms with E-state index in [1.54, 1.807) is 13.1 Å². The van der Waals surface area contributed by atoms with Gasteiger partial charge in [0.2, 0.25) is 11.8 Å². The van der Waals surface area contributed by atoms with E-state index in [4.69, 9.17) is 15.9 Å². The second-order valence-electron chi connectivity index (χ2n) is 7.38. The minimum Gasteiger partial charge on any atom is -0.504 e. The SMILES string of the molecule is CN[C@H](C)Cc1cc(O)c(O)c(SC[C@H](NC(=O)CC[C@H](N)C(=O)O)C(=O)NCC(=O)O)c1. The molecule has 0 spiro atoms. The summed E-state index contributed by atoms with van der Waals surface area (Å²) < 4.78 is 0. The molecule has 184 valence electrons. The van der Waals surface area contributed by atoms with Crippen molar-refractivity contribution < 1.29 is 39.6 Å². The Morgan fingerprint density at radius 3 is 2.39 bits per heavy atom. The van der Waals surface area contributed by atoms with Gasteiger partial charge < -0.3 is 42.1 Å². The van der Waals surface area contributed by atoms with Crippen molar-refractivity contribution in [2.45, 2.75) is 49.2 Å². The number of aromatic hydroxyl groups is 2. The largest absolute Gasteiger partial charge is 0.504 e. The summed E-state index contributed by atoms with van der Waals surface area (Å²) in [5.74, 6) is -4.78. The molecule has 0 heterocycles. The van der Waals surface area contributed by atoms with Gasteiger partial charge in [0.05, 0.1) is 4.90 Å². The molecule has 0 saturated heterocycles. The summed E-state index contributed by atoms with van der Waals surface area (Å²) in [6, 6.07) is 0.736. The monoisotopic (exact) mass is 486 g/mol. The van der Waals surface area contributed by atoms with Crippen LogP contribution in [0.15, 0.2) is 17.0 Å². The van der Waals surface area contributed by atoms with Crippen molar-refractivity contribution in [1.82, 2.24) is 16.0 Å². The zero-order valence-corrected chi connectivity index (χ0v) is 19.1. The number of nitrogens with one attached hydrogen (secondary N) is 3. The Bertz CT molecular complexity index is 867. The fourth-order valence-corrected chi connectivity index (χ4v) is 3.71. The molecule has 0 saturated carbocycles. The molecular formula is C20H30N4O8S. The summed E-state index contributed by atoms with van der Waals surface area (Å²) in [6.45, 7) is 1.27. The summed E-state index contributed by atoms with van der Waals surface area (Å²) >= 11 is 0.980. The van der Waals surface area contributed by atoms with E-state index < -0.39 is 42.4 Å². The Morgan fingerprint density at radius 2 is 1.82 bits per heavy atom. The van der Waals surface area contributed by atoms with Crippen molar-refractivity contribution >= 4 is 35.5 Å². The molecule has 3 atom stereocenters. The summed E-state index contributed by atoms with van der Waals surface area (Å²) in [6.07, 6.45) is 0.142. The standard InChI is InChI=1S/C20H30N4O8S/c1-10(22-2)5-11-6-14(25)18(29)15(7-11)33-9-13(19(30)23-8-17(27)28)24-16(26)4-3-12(21)20(31)32/h6-7,10,12-13,22,25,29H,3-5,8-9,21H2,1-2H3,(H,23,30)(H,24,26)(H,27,28)(H,31,32)/t10-,12+,13+/m1/s1. The lowest BCUT2D eigenvalue weighted by Crippen LogP contribution is -2.49. The molecule has 13 heteroatoms. The van der Waals surface area contributed by atoms with Crippen molar-refractivity contribution in [1.29, 1.82) is 0 Å². The number of likely N-dealkylation sites (N-methyl/N-ethyl adjacent to an activating group) is 1. The number of hydrogen-bond donors (Lipinski definition) is 8. The number of carboxylic acid groups (broad SMARTS) is 2. The van der Waals surface area contributed by atoms with Gasteiger partial charge in [-0.15, -0.1) is 11.8 Å². The van der Waals surface area contributed by atoms with Crippen molar-refractivity contribution in [3.63, 3.8) is 0 Å². The zero-order chi connectivity index (χ0) is 25.1. The first kappa shape index (κ1) is 28.0. The normalized spacial score (nSPS) is 13.5. The predicted molar refractivity (Wildman–Crippen MR) is 120 cm³/mol. The van der Waals surface area contributed by atoms with Crippen LogP contribution in [0.25, 0.3) is 0 Å². The molecule has 0 aromatic heterocycles. The van der Waals surface area contributed by atoms with E-state index in [0.29, 0.717) is 6.42 Å². The minimum absolute atomic E-state index is 0.0952. The predicted octanol–water partition coefficient (Wildman–Crippen LogP) is -0.782. The molecule has 1 rings (SSSR count). The number of nitrogens with two attached hydrogens (primary N) is 1. The van der Waals surface area contributed by atoms with Gasteiger partial charge in [0.15, 0.2) is 11.5 Å². The zero-order valence-electron chi connectivity index (χ0n) is 18.3. The van der Waals surface area contributed by atoms with E-state index in [9.17, 15) is 29.4 Å². The lowest BCUT2D eigenvalue weighted by Gasteiger charge is -2.19. The molecule has 33 heavy (non-hydrogen) atoms. The van der Waals surface area contributed by atoms with E-state index in [1.807, 2.05) is 6.92 Å². The molecular weight excluding hydrogens is 456 g/mol. The highest BCUT2D eigenvalue weighted by molar-refractivity contribution is 7.99. The highest BCUT2D eigenvalue weighted by Crippen LogP contribution is 2.37. The smallest absolute Gasteiger partial charge is 0.322 e. The molecule has 12 nitrogen and oxygen atoms in total. The van der Waals surface area contributed by atoms with Crippen LogP contribution in [0.2, 0.25) is 0 Å². The van der Waals surface area contributed by atoms with Gasteiger partial charge in [-0.05, 0) is 44.5 Å². The number of thioether (sulfide) groups is 1. The fourth-order valence-electron chi connectivity index (χ4n) is 2.65. The number of carbonyl (C=O) groups is 4. The minimum atomic E-state index is -1.28. The lowest BCUT2D eigenvalue weighted by atomic mass is 10.1. The van der Waals surface area contributed by atoms with Gasteiger partial charge in [-0.2, -0.15) is 0 Å². The van der Waals surface area contributed by atoms with E-state index in [2.05, 4.69) is 16.0 Å². The van der Waals surface area contributed by atoms with Gasteiger partial charge in [-0.3, -0.25) is 19.2 Å². The van der Waals surface area contributed by atoms with Crippen molar-refractivity contribution in [2.24, 2.45) is 5.73 Å². The van der Waals surface area contributed by atoms with Gasteiger partial charge in [0.1, 0.15) is 18.6 Å². The number of amides is 2. The highest BCUT2D eigenvalue weighted by Gasteiger charge is 2.24. The quantitative estimate of drug-likeness (QED) is 0.121. The molecule has 0 aliphatic rings. The third kappa shape index (κ3) is 9.97. The molecule has 1 aromatic carbocycles. The van der Waals surface area contributed by atoms with Gasteiger partial charge >= 0.3 is 11.9 Å². The molecule has 0 unspecified atom stereocenters. The maximum Gasteiger partial charge on any atom is 0.322 e. The van der Waals surface area contributed by atoms with E-state index >= 15 is 0 Å². The van der Waals surface area contributed by atoms with Crippen LogP contribution in [0.5, 0.6) is 11.5 Å². The Kier molecular flexibility index (Phi) is 11.5. The number of phenols is 2. The number of carbonyl (C=O) groups excluding carboxylic acids is 2. The molecule has 0 radical (unpaired) electrons. The van der Waals surface area contributed by atoms with Crippen LogP contribution in [0.4, 0.5) is 0 Å². The van der Waals surface area contributed by atoms with E-state index in [-0.39, 0.29) is 41.0 Å². The number of phenolic OH excluding ortho intramolecular Hbond substituents is 2. The molecule has 2 amide bonds. The van der Waals surface area contributed by atoms with Crippen molar-refractivity contribution in [2.75, 3.05) is 19.3 Å². The third-order valence-electron chi connectivity index (χ3n) is 4.62. The number of rotatable bonds is 14. The first-order valence-electron chi connectivity index (χ1n) is 10.1. The average molecular weight is 487 g/mol. The summed E-state index contributed by atoms with van der Waals surface area (Å²) in [5.41, 5.74) is 6.11. The Morgan fingerprint density at radius 1 is 1.15 bits per heavy atom. The van der Waals surface area contributed by atoms with Crippen LogP contribution in [0.3, 0.4) is 0 Å². The number of carboxylic acids is 2. The first-order chi connectivity index (χ1) is 15.4.